The van der Waals surface area contributed by atoms with Gasteiger partial charge in [-0.05, 0) is 83.4 Å². The number of benzene rings is 9. The lowest BCUT2D eigenvalue weighted by atomic mass is 10.0. The Hall–Kier alpha value is -8.81. The van der Waals surface area contributed by atoms with E-state index in [1.165, 1.54) is 27.2 Å². The summed E-state index contributed by atoms with van der Waals surface area (Å²) in [6.45, 7) is 0. The molecule has 7 nitrogen and oxygen atoms in total. The van der Waals surface area contributed by atoms with Crippen LogP contribution in [-0.2, 0) is 0 Å². The molecule has 0 saturated heterocycles. The average Bonchev–Trinajstić information content (AvgIpc) is 4.07. The summed E-state index contributed by atoms with van der Waals surface area (Å²) >= 11 is 0. The summed E-state index contributed by atoms with van der Waals surface area (Å²) in [6, 6.07) is 77.1. The second-order valence-electron chi connectivity index (χ2n) is 16.6. The molecule has 0 bridgehead atoms. The Morgan fingerprint density at radius 2 is 0.985 bits per heavy atom. The number of aromatic nitrogens is 4. The van der Waals surface area contributed by atoms with Gasteiger partial charge in [0, 0.05) is 49.4 Å². The van der Waals surface area contributed by atoms with Crippen LogP contribution in [0.3, 0.4) is 0 Å². The Morgan fingerprint density at radius 3 is 1.77 bits per heavy atom. The molecule has 1 aliphatic heterocycles. The van der Waals surface area contributed by atoms with Crippen molar-refractivity contribution in [3.05, 3.63) is 241 Å². The van der Waals surface area contributed by atoms with Crippen molar-refractivity contribution in [3.63, 3.8) is 0 Å². The van der Waals surface area contributed by atoms with Gasteiger partial charge in [-0.1, -0.05) is 152 Å². The van der Waals surface area contributed by atoms with E-state index >= 15 is 0 Å². The van der Waals surface area contributed by atoms with Gasteiger partial charge in [0.05, 0.1) is 39.5 Å². The van der Waals surface area contributed by atoms with Gasteiger partial charge < -0.3 is 14.5 Å². The summed E-state index contributed by atoms with van der Waals surface area (Å²) in [7, 11) is 0. The first kappa shape index (κ1) is 36.8. The molecule has 0 amide bonds. The molecule has 12 aromatic rings. The summed E-state index contributed by atoms with van der Waals surface area (Å²) in [5.74, 6) is 1.46. The minimum Gasteiger partial charge on any atom is -0.344 e. The van der Waals surface area contributed by atoms with E-state index in [0.717, 1.165) is 78.0 Å². The molecule has 7 heteroatoms. The third-order valence-electron chi connectivity index (χ3n) is 12.8. The van der Waals surface area contributed by atoms with Crippen molar-refractivity contribution in [2.75, 3.05) is 0 Å². The monoisotopic (exact) mass is 833 g/mol. The van der Waals surface area contributed by atoms with Crippen LogP contribution in [0.15, 0.2) is 235 Å². The van der Waals surface area contributed by atoms with E-state index in [1.807, 2.05) is 18.3 Å². The summed E-state index contributed by atoms with van der Waals surface area (Å²) in [6.07, 6.45) is 1.72. The Kier molecular flexibility index (Phi) is 8.45. The summed E-state index contributed by atoms with van der Waals surface area (Å²) in [4.78, 5) is 10.4. The number of para-hydroxylation sites is 3. The van der Waals surface area contributed by atoms with Crippen molar-refractivity contribution < 1.29 is 0 Å². The first-order valence-corrected chi connectivity index (χ1v) is 22.0. The van der Waals surface area contributed by atoms with E-state index in [4.69, 9.17) is 15.1 Å². The van der Waals surface area contributed by atoms with Gasteiger partial charge in [0.1, 0.15) is 12.0 Å². The highest BCUT2D eigenvalue weighted by molar-refractivity contribution is 6.18. The zero-order valence-electron chi connectivity index (χ0n) is 35.1. The lowest BCUT2D eigenvalue weighted by Crippen LogP contribution is -2.33. The molecule has 0 radical (unpaired) electrons. The number of aliphatic imine (C=N–C) groups is 2. The number of amidine groups is 2. The molecule has 3 aromatic heterocycles. The second kappa shape index (κ2) is 14.9. The van der Waals surface area contributed by atoms with Gasteiger partial charge in [-0.3, -0.25) is 0 Å². The highest BCUT2D eigenvalue weighted by Crippen LogP contribution is 2.39. The standard InChI is InChI=1S/C58H39N7/c1-4-15-38(16-5-1)39-27-29-41(30-28-39)57-60-56(40-17-6-2-7-18-40)61-58(62-57)42-19-14-22-44(35-42)63-51-25-12-11-24-47(51)49-36-45(31-33-53(49)63)65-54-34-32-48-46-23-10-13-26-52(46)64(43-20-8-3-9-21-43)55(48)50(54)37-59-65/h1-37,56H,(H,60,61,62). The molecule has 1 aliphatic rings. The molecule has 65 heavy (non-hydrogen) atoms. The van der Waals surface area contributed by atoms with Gasteiger partial charge in [-0.25, -0.2) is 14.7 Å². The highest BCUT2D eigenvalue weighted by atomic mass is 15.3. The van der Waals surface area contributed by atoms with Crippen molar-refractivity contribution in [2.45, 2.75) is 6.17 Å². The molecule has 0 saturated carbocycles. The molecular formula is C58H39N7. The highest BCUT2D eigenvalue weighted by Gasteiger charge is 2.23. The molecule has 1 unspecified atom stereocenters. The number of nitrogens with zero attached hydrogens (tertiary/aromatic N) is 6. The third kappa shape index (κ3) is 6.08. The maximum absolute atomic E-state index is 5.23. The fourth-order valence-electron chi connectivity index (χ4n) is 9.75. The molecule has 0 fully saturated rings. The third-order valence-corrected chi connectivity index (χ3v) is 12.8. The molecule has 13 rings (SSSR count). The minimum absolute atomic E-state index is 0.306. The first-order chi connectivity index (χ1) is 32.2. The summed E-state index contributed by atoms with van der Waals surface area (Å²) < 4.78 is 6.80. The lowest BCUT2D eigenvalue weighted by Gasteiger charge is -2.24. The van der Waals surface area contributed by atoms with Crippen LogP contribution >= 0.6 is 0 Å². The molecule has 0 spiro atoms. The van der Waals surface area contributed by atoms with E-state index in [-0.39, 0.29) is 6.17 Å². The van der Waals surface area contributed by atoms with E-state index in [9.17, 15) is 0 Å². The predicted molar refractivity (Wildman–Crippen MR) is 267 cm³/mol. The predicted octanol–water partition coefficient (Wildman–Crippen LogP) is 13.4. The van der Waals surface area contributed by atoms with Crippen LogP contribution in [-0.4, -0.2) is 30.6 Å². The summed E-state index contributed by atoms with van der Waals surface area (Å²) in [5.41, 5.74) is 14.1. The molecule has 1 atom stereocenters. The molecule has 9 aromatic carbocycles. The zero-order valence-corrected chi connectivity index (χ0v) is 35.1. The van der Waals surface area contributed by atoms with Crippen LogP contribution in [0.4, 0.5) is 0 Å². The maximum Gasteiger partial charge on any atom is 0.159 e. The van der Waals surface area contributed by atoms with Crippen LogP contribution in [0.2, 0.25) is 0 Å². The van der Waals surface area contributed by atoms with E-state index in [2.05, 4.69) is 225 Å². The molecule has 1 N–H and O–H groups in total. The van der Waals surface area contributed by atoms with Crippen molar-refractivity contribution in [3.8, 4) is 28.2 Å². The van der Waals surface area contributed by atoms with Gasteiger partial charge in [0.25, 0.3) is 0 Å². The van der Waals surface area contributed by atoms with Crippen LogP contribution in [0.1, 0.15) is 22.9 Å². The number of fused-ring (bicyclic) bond motifs is 8. The van der Waals surface area contributed by atoms with Gasteiger partial charge in [-0.15, -0.1) is 0 Å². The normalized spacial score (nSPS) is 14.0. The zero-order chi connectivity index (χ0) is 42.8. The molecule has 306 valence electrons. The van der Waals surface area contributed by atoms with Crippen LogP contribution in [0, 0.1) is 0 Å². The van der Waals surface area contributed by atoms with E-state index < -0.39 is 0 Å². The van der Waals surface area contributed by atoms with Crippen LogP contribution in [0.5, 0.6) is 0 Å². The fourth-order valence-corrected chi connectivity index (χ4v) is 9.75. The number of hydrogen-bond donors (Lipinski definition) is 1. The van der Waals surface area contributed by atoms with Crippen LogP contribution in [0.25, 0.3) is 82.7 Å². The van der Waals surface area contributed by atoms with Crippen molar-refractivity contribution in [2.24, 2.45) is 9.98 Å². The lowest BCUT2D eigenvalue weighted by molar-refractivity contribution is 0.674. The van der Waals surface area contributed by atoms with Gasteiger partial charge >= 0.3 is 0 Å². The Balaban J connectivity index is 0.918. The molecular weight excluding hydrogens is 795 g/mol. The van der Waals surface area contributed by atoms with Crippen molar-refractivity contribution in [1.29, 1.82) is 0 Å². The number of nitrogens with one attached hydrogen (secondary N) is 1. The van der Waals surface area contributed by atoms with Crippen molar-refractivity contribution >= 4 is 66.2 Å². The van der Waals surface area contributed by atoms with E-state index in [1.54, 1.807) is 0 Å². The molecule has 0 aliphatic carbocycles. The fraction of sp³-hybridized carbons (Fsp3) is 0.0172. The topological polar surface area (TPSA) is 64.4 Å². The Labute approximate surface area is 374 Å². The Morgan fingerprint density at radius 1 is 0.385 bits per heavy atom. The quantitative estimate of drug-likeness (QED) is 0.174. The molecule has 4 heterocycles. The maximum atomic E-state index is 5.23. The smallest absolute Gasteiger partial charge is 0.159 e. The van der Waals surface area contributed by atoms with Gasteiger partial charge in [0.2, 0.25) is 0 Å². The minimum atomic E-state index is -0.306. The Bertz CT molecular complexity index is 3840. The van der Waals surface area contributed by atoms with Crippen LogP contribution < -0.4 is 5.32 Å². The van der Waals surface area contributed by atoms with Crippen molar-refractivity contribution in [1.82, 2.24) is 24.2 Å². The van der Waals surface area contributed by atoms with Gasteiger partial charge in [0.15, 0.2) is 5.84 Å². The average molecular weight is 834 g/mol. The van der Waals surface area contributed by atoms with Gasteiger partial charge in [-0.2, -0.15) is 5.10 Å². The largest absolute Gasteiger partial charge is 0.344 e. The van der Waals surface area contributed by atoms with E-state index in [0.29, 0.717) is 5.84 Å². The number of rotatable bonds is 7. The summed E-state index contributed by atoms with van der Waals surface area (Å²) in [5, 5.41) is 14.6. The SMILES string of the molecule is c1ccc(-c2ccc(C3=NC(c4cccc(-n5c6ccccc6c6cc(-n7ncc8c7ccc7c9ccccc9n(-c9ccccc9)c78)ccc65)c4)=NC(c4ccccc4)N3)cc2)cc1. The second-order valence-corrected chi connectivity index (χ2v) is 16.6. The first-order valence-electron chi connectivity index (χ1n) is 22.0. The number of hydrogen-bond acceptors (Lipinski definition) is 4.